The molecule has 0 aliphatic rings. The molecular weight excluding hydrogens is 359 g/mol. The van der Waals surface area contributed by atoms with E-state index in [1.807, 2.05) is 0 Å². The van der Waals surface area contributed by atoms with E-state index in [2.05, 4.69) is 5.32 Å². The van der Waals surface area contributed by atoms with E-state index in [0.717, 1.165) is 6.08 Å². The lowest BCUT2D eigenvalue weighted by molar-refractivity contribution is -0.384. The summed E-state index contributed by atoms with van der Waals surface area (Å²) < 4.78 is 23.1. The zero-order valence-corrected chi connectivity index (χ0v) is 14.2. The number of carbonyl (C=O) groups is 2. The standard InChI is InChI=1S/C18H15FN2O6/c1-26-16-8-2-12(10-15(16)19)3-9-18(23)27-11-17(22)20-13-4-6-14(7-5-13)21(24)25/h2-10H,11H2,1H3,(H,20,22)/b9-3+. The minimum Gasteiger partial charge on any atom is -0.494 e. The van der Waals surface area contributed by atoms with Gasteiger partial charge in [0.1, 0.15) is 0 Å². The van der Waals surface area contributed by atoms with Crippen molar-refractivity contribution in [3.8, 4) is 5.75 Å². The molecule has 1 N–H and O–H groups in total. The first kappa shape index (κ1) is 19.6. The lowest BCUT2D eigenvalue weighted by Gasteiger charge is -2.05. The maximum Gasteiger partial charge on any atom is 0.331 e. The third kappa shape index (κ3) is 5.92. The molecule has 0 aromatic heterocycles. The van der Waals surface area contributed by atoms with Crippen LogP contribution in [0.3, 0.4) is 0 Å². The number of esters is 1. The van der Waals surface area contributed by atoms with E-state index < -0.39 is 29.2 Å². The Morgan fingerprint density at radius 2 is 1.93 bits per heavy atom. The maximum absolute atomic E-state index is 13.5. The van der Waals surface area contributed by atoms with E-state index in [-0.39, 0.29) is 11.4 Å². The number of ether oxygens (including phenoxy) is 2. The number of non-ortho nitro benzene ring substituents is 1. The number of halogens is 1. The van der Waals surface area contributed by atoms with Gasteiger partial charge in [-0.15, -0.1) is 0 Å². The highest BCUT2D eigenvalue weighted by atomic mass is 19.1. The first-order valence-electron chi connectivity index (χ1n) is 7.61. The van der Waals surface area contributed by atoms with E-state index in [1.54, 1.807) is 6.07 Å². The molecule has 0 unspecified atom stereocenters. The Bertz CT molecular complexity index is 880. The predicted octanol–water partition coefficient (Wildman–Crippen LogP) is 2.94. The molecule has 8 nitrogen and oxygen atoms in total. The fraction of sp³-hybridized carbons (Fsp3) is 0.111. The lowest BCUT2D eigenvalue weighted by Crippen LogP contribution is -2.20. The number of hydrogen-bond donors (Lipinski definition) is 1. The van der Waals surface area contributed by atoms with Crippen molar-refractivity contribution in [3.05, 3.63) is 70.0 Å². The Labute approximate surface area is 153 Å². The van der Waals surface area contributed by atoms with Crippen LogP contribution in [0.4, 0.5) is 15.8 Å². The number of hydrogen-bond acceptors (Lipinski definition) is 6. The van der Waals surface area contributed by atoms with Gasteiger partial charge in [-0.2, -0.15) is 0 Å². The quantitative estimate of drug-likeness (QED) is 0.345. The van der Waals surface area contributed by atoms with Gasteiger partial charge < -0.3 is 14.8 Å². The average Bonchev–Trinajstić information content (AvgIpc) is 2.65. The number of nitrogens with zero attached hydrogens (tertiary/aromatic N) is 1. The Hall–Kier alpha value is -3.75. The summed E-state index contributed by atoms with van der Waals surface area (Å²) in [7, 11) is 1.34. The van der Waals surface area contributed by atoms with Crippen LogP contribution in [0.2, 0.25) is 0 Å². The molecule has 0 atom stereocenters. The van der Waals surface area contributed by atoms with E-state index >= 15 is 0 Å². The molecule has 0 radical (unpaired) electrons. The van der Waals surface area contributed by atoms with Crippen LogP contribution in [0.5, 0.6) is 5.75 Å². The highest BCUT2D eigenvalue weighted by Gasteiger charge is 2.08. The van der Waals surface area contributed by atoms with Crippen LogP contribution in [0.1, 0.15) is 5.56 Å². The molecule has 0 aliphatic carbocycles. The zero-order chi connectivity index (χ0) is 19.8. The Balaban J connectivity index is 1.83. The van der Waals surface area contributed by atoms with Crippen molar-refractivity contribution in [1.82, 2.24) is 0 Å². The lowest BCUT2D eigenvalue weighted by atomic mass is 10.2. The second-order valence-corrected chi connectivity index (χ2v) is 5.19. The van der Waals surface area contributed by atoms with Crippen LogP contribution in [0.15, 0.2) is 48.5 Å². The van der Waals surface area contributed by atoms with Gasteiger partial charge in [-0.05, 0) is 35.9 Å². The van der Waals surface area contributed by atoms with Gasteiger partial charge in [-0.1, -0.05) is 6.07 Å². The molecule has 140 valence electrons. The molecule has 27 heavy (non-hydrogen) atoms. The first-order valence-corrected chi connectivity index (χ1v) is 7.61. The van der Waals surface area contributed by atoms with Crippen molar-refractivity contribution in [2.24, 2.45) is 0 Å². The van der Waals surface area contributed by atoms with Gasteiger partial charge in [0.05, 0.1) is 12.0 Å². The van der Waals surface area contributed by atoms with Crippen LogP contribution >= 0.6 is 0 Å². The van der Waals surface area contributed by atoms with Crippen molar-refractivity contribution >= 4 is 29.3 Å². The molecular formula is C18H15FN2O6. The van der Waals surface area contributed by atoms with Crippen LogP contribution < -0.4 is 10.1 Å². The summed E-state index contributed by atoms with van der Waals surface area (Å²) in [5.74, 6) is -1.89. The van der Waals surface area contributed by atoms with Gasteiger partial charge >= 0.3 is 5.97 Å². The Morgan fingerprint density at radius 3 is 2.52 bits per heavy atom. The molecule has 2 aromatic rings. The van der Waals surface area contributed by atoms with Crippen molar-refractivity contribution in [3.63, 3.8) is 0 Å². The highest BCUT2D eigenvalue weighted by Crippen LogP contribution is 2.18. The fourth-order valence-corrected chi connectivity index (χ4v) is 2.00. The van der Waals surface area contributed by atoms with E-state index in [0.29, 0.717) is 11.3 Å². The van der Waals surface area contributed by atoms with Crippen LogP contribution in [-0.2, 0) is 14.3 Å². The first-order chi connectivity index (χ1) is 12.9. The van der Waals surface area contributed by atoms with Crippen molar-refractivity contribution in [2.75, 3.05) is 19.0 Å². The summed E-state index contributed by atoms with van der Waals surface area (Å²) in [4.78, 5) is 33.3. The minimum atomic E-state index is -0.787. The number of rotatable bonds is 7. The summed E-state index contributed by atoms with van der Waals surface area (Å²) in [5, 5.41) is 13.0. The molecule has 2 aromatic carbocycles. The molecule has 0 heterocycles. The Morgan fingerprint density at radius 1 is 1.22 bits per heavy atom. The highest BCUT2D eigenvalue weighted by molar-refractivity contribution is 5.94. The number of amides is 1. The minimum absolute atomic E-state index is 0.0811. The van der Waals surface area contributed by atoms with E-state index in [9.17, 15) is 24.1 Å². The van der Waals surface area contributed by atoms with Gasteiger partial charge in [-0.3, -0.25) is 14.9 Å². The van der Waals surface area contributed by atoms with Gasteiger partial charge in [0.25, 0.3) is 11.6 Å². The molecule has 0 aliphatic heterocycles. The molecule has 9 heteroatoms. The van der Waals surface area contributed by atoms with Crippen molar-refractivity contribution in [1.29, 1.82) is 0 Å². The van der Waals surface area contributed by atoms with Gasteiger partial charge in [-0.25, -0.2) is 9.18 Å². The van der Waals surface area contributed by atoms with Gasteiger partial charge in [0, 0.05) is 23.9 Å². The second-order valence-electron chi connectivity index (χ2n) is 5.19. The Kier molecular flexibility index (Phi) is 6.59. The third-order valence-electron chi connectivity index (χ3n) is 3.30. The van der Waals surface area contributed by atoms with E-state index in [4.69, 9.17) is 9.47 Å². The second kappa shape index (κ2) is 9.09. The average molecular weight is 374 g/mol. The fourth-order valence-electron chi connectivity index (χ4n) is 2.00. The number of carbonyl (C=O) groups excluding carboxylic acids is 2. The van der Waals surface area contributed by atoms with Crippen LogP contribution in [-0.4, -0.2) is 30.5 Å². The smallest absolute Gasteiger partial charge is 0.331 e. The maximum atomic E-state index is 13.5. The summed E-state index contributed by atoms with van der Waals surface area (Å²) >= 11 is 0. The monoisotopic (exact) mass is 374 g/mol. The van der Waals surface area contributed by atoms with E-state index in [1.165, 1.54) is 49.6 Å². The number of nitro benzene ring substituents is 1. The molecule has 0 bridgehead atoms. The van der Waals surface area contributed by atoms with Gasteiger partial charge in [0.15, 0.2) is 18.2 Å². The normalized spacial score (nSPS) is 10.4. The molecule has 2 rings (SSSR count). The van der Waals surface area contributed by atoms with Crippen molar-refractivity contribution < 1.29 is 28.4 Å². The van der Waals surface area contributed by atoms with Crippen LogP contribution in [0.25, 0.3) is 6.08 Å². The van der Waals surface area contributed by atoms with Gasteiger partial charge in [0.2, 0.25) is 0 Å². The number of anilines is 1. The number of nitro groups is 1. The largest absolute Gasteiger partial charge is 0.494 e. The molecule has 0 saturated carbocycles. The SMILES string of the molecule is COc1ccc(/C=C/C(=O)OCC(=O)Nc2ccc([N+](=O)[O-])cc2)cc1F. The van der Waals surface area contributed by atoms with Crippen molar-refractivity contribution in [2.45, 2.75) is 0 Å². The predicted molar refractivity (Wildman–Crippen MR) is 94.7 cm³/mol. The zero-order valence-electron chi connectivity index (χ0n) is 14.2. The summed E-state index contributed by atoms with van der Waals surface area (Å²) in [6.45, 7) is -0.545. The van der Waals surface area contributed by atoms with Crippen LogP contribution in [0, 0.1) is 15.9 Å². The third-order valence-corrected chi connectivity index (χ3v) is 3.30. The molecule has 0 fully saturated rings. The summed E-state index contributed by atoms with van der Waals surface area (Å²) in [6, 6.07) is 9.33. The molecule has 0 spiro atoms. The summed E-state index contributed by atoms with van der Waals surface area (Å²) in [5.41, 5.74) is 0.631. The summed E-state index contributed by atoms with van der Waals surface area (Å²) in [6.07, 6.45) is 2.39. The number of methoxy groups -OCH3 is 1. The molecule has 1 amide bonds. The molecule has 0 saturated heterocycles. The number of nitrogens with one attached hydrogen (secondary N) is 1. The topological polar surface area (TPSA) is 108 Å². The number of benzene rings is 2.